The first kappa shape index (κ1) is 16.8. The minimum atomic E-state index is -3.01. The van der Waals surface area contributed by atoms with Gasteiger partial charge in [0.2, 0.25) is 11.8 Å². The number of amides is 1. The van der Waals surface area contributed by atoms with E-state index in [1.807, 2.05) is 13.8 Å². The number of carbonyl (C=O) groups excluding carboxylic acids is 1. The van der Waals surface area contributed by atoms with Crippen molar-refractivity contribution in [1.82, 2.24) is 20.4 Å². The standard InChI is InChI=1S/C14H16F2N4O3/c1-7(2)11(13-18-8(3)20-23-13)19-12(21)9-4-5-17-10(6-9)22-14(15)16/h4-7,11,14H,1-3H3,(H,19,21). The van der Waals surface area contributed by atoms with Gasteiger partial charge in [-0.3, -0.25) is 4.79 Å². The van der Waals surface area contributed by atoms with E-state index in [4.69, 9.17) is 4.52 Å². The van der Waals surface area contributed by atoms with Crippen LogP contribution in [0.4, 0.5) is 8.78 Å². The van der Waals surface area contributed by atoms with E-state index in [-0.39, 0.29) is 23.3 Å². The van der Waals surface area contributed by atoms with E-state index >= 15 is 0 Å². The third kappa shape index (κ3) is 4.44. The summed E-state index contributed by atoms with van der Waals surface area (Å²) in [6, 6.07) is 2.03. The fraction of sp³-hybridized carbons (Fsp3) is 0.429. The normalized spacial score (nSPS) is 12.5. The number of hydrogen-bond acceptors (Lipinski definition) is 6. The van der Waals surface area contributed by atoms with Crippen molar-refractivity contribution in [3.63, 3.8) is 0 Å². The highest BCUT2D eigenvalue weighted by Crippen LogP contribution is 2.21. The molecule has 0 aliphatic rings. The molecule has 1 unspecified atom stereocenters. The highest BCUT2D eigenvalue weighted by atomic mass is 19.3. The van der Waals surface area contributed by atoms with Gasteiger partial charge in [0, 0.05) is 17.8 Å². The molecule has 0 spiro atoms. The minimum Gasteiger partial charge on any atom is -0.417 e. The van der Waals surface area contributed by atoms with Gasteiger partial charge < -0.3 is 14.6 Å². The zero-order chi connectivity index (χ0) is 17.0. The van der Waals surface area contributed by atoms with Crippen LogP contribution in [0.1, 0.15) is 42.0 Å². The molecule has 0 fully saturated rings. The first-order valence-corrected chi connectivity index (χ1v) is 6.88. The fourth-order valence-electron chi connectivity index (χ4n) is 1.88. The molecule has 9 heteroatoms. The Kier molecular flexibility index (Phi) is 5.20. The summed E-state index contributed by atoms with van der Waals surface area (Å²) in [6.45, 7) is 2.42. The van der Waals surface area contributed by atoms with Crippen molar-refractivity contribution >= 4 is 5.91 Å². The number of pyridine rings is 1. The number of hydrogen-bond donors (Lipinski definition) is 1. The maximum atomic E-state index is 12.3. The van der Waals surface area contributed by atoms with Gasteiger partial charge in [-0.25, -0.2) is 4.98 Å². The molecule has 1 atom stereocenters. The van der Waals surface area contributed by atoms with E-state index in [0.717, 1.165) is 6.07 Å². The molecule has 2 rings (SSSR count). The Hall–Kier alpha value is -2.58. The molecule has 0 saturated carbocycles. The monoisotopic (exact) mass is 326 g/mol. The Balaban J connectivity index is 2.16. The molecule has 0 aliphatic carbocycles. The number of aryl methyl sites for hydroxylation is 1. The Morgan fingerprint density at radius 2 is 2.13 bits per heavy atom. The summed E-state index contributed by atoms with van der Waals surface area (Å²) in [5, 5.41) is 6.43. The molecule has 0 aliphatic heterocycles. The summed E-state index contributed by atoms with van der Waals surface area (Å²) in [6.07, 6.45) is 1.22. The Bertz CT molecular complexity index is 676. The van der Waals surface area contributed by atoms with Gasteiger partial charge in [-0.05, 0) is 18.9 Å². The smallest absolute Gasteiger partial charge is 0.388 e. The molecule has 23 heavy (non-hydrogen) atoms. The second-order valence-corrected chi connectivity index (χ2v) is 5.14. The lowest BCUT2D eigenvalue weighted by Gasteiger charge is -2.18. The molecule has 2 aromatic rings. The highest BCUT2D eigenvalue weighted by Gasteiger charge is 2.24. The van der Waals surface area contributed by atoms with Gasteiger partial charge in [-0.15, -0.1) is 0 Å². The average molecular weight is 326 g/mol. The number of aromatic nitrogens is 3. The first-order chi connectivity index (χ1) is 10.9. The lowest BCUT2D eigenvalue weighted by molar-refractivity contribution is -0.0529. The Morgan fingerprint density at radius 3 is 2.70 bits per heavy atom. The van der Waals surface area contributed by atoms with Crippen LogP contribution in [-0.4, -0.2) is 27.6 Å². The van der Waals surface area contributed by atoms with Gasteiger partial charge in [0.05, 0.1) is 0 Å². The van der Waals surface area contributed by atoms with Crippen molar-refractivity contribution in [2.24, 2.45) is 5.92 Å². The molecule has 1 N–H and O–H groups in total. The van der Waals surface area contributed by atoms with Gasteiger partial charge in [0.25, 0.3) is 5.91 Å². The number of nitrogens with zero attached hydrogens (tertiary/aromatic N) is 3. The average Bonchev–Trinajstić information content (AvgIpc) is 2.90. The van der Waals surface area contributed by atoms with E-state index in [1.54, 1.807) is 6.92 Å². The second-order valence-electron chi connectivity index (χ2n) is 5.14. The summed E-state index contributed by atoms with van der Waals surface area (Å²) < 4.78 is 33.7. The van der Waals surface area contributed by atoms with Crippen LogP contribution < -0.4 is 10.1 Å². The molecule has 0 radical (unpaired) electrons. The zero-order valence-corrected chi connectivity index (χ0v) is 12.8. The van der Waals surface area contributed by atoms with E-state index in [9.17, 15) is 13.6 Å². The van der Waals surface area contributed by atoms with Gasteiger partial charge in [-0.2, -0.15) is 13.8 Å². The van der Waals surface area contributed by atoms with Gasteiger partial charge >= 0.3 is 6.61 Å². The topological polar surface area (TPSA) is 90.1 Å². The van der Waals surface area contributed by atoms with Crippen molar-refractivity contribution in [1.29, 1.82) is 0 Å². The summed E-state index contributed by atoms with van der Waals surface area (Å²) in [5.41, 5.74) is 0.137. The first-order valence-electron chi connectivity index (χ1n) is 6.88. The third-order valence-corrected chi connectivity index (χ3v) is 2.97. The predicted octanol–water partition coefficient (Wildman–Crippen LogP) is 2.50. The van der Waals surface area contributed by atoms with E-state index in [2.05, 4.69) is 25.2 Å². The Labute approximate surface area is 131 Å². The lowest BCUT2D eigenvalue weighted by Crippen LogP contribution is -2.32. The SMILES string of the molecule is Cc1noc(C(NC(=O)c2ccnc(OC(F)F)c2)C(C)C)n1. The summed E-state index contributed by atoms with van der Waals surface area (Å²) in [7, 11) is 0. The molecule has 2 aromatic heterocycles. The van der Waals surface area contributed by atoms with Crippen molar-refractivity contribution in [3.05, 3.63) is 35.6 Å². The van der Waals surface area contributed by atoms with E-state index in [1.165, 1.54) is 12.3 Å². The molecule has 2 heterocycles. The highest BCUT2D eigenvalue weighted by molar-refractivity contribution is 5.94. The Morgan fingerprint density at radius 1 is 1.39 bits per heavy atom. The number of carbonyl (C=O) groups is 1. The number of alkyl halides is 2. The van der Waals surface area contributed by atoms with Crippen LogP contribution in [0.3, 0.4) is 0 Å². The van der Waals surface area contributed by atoms with E-state index in [0.29, 0.717) is 5.82 Å². The number of halogens is 2. The molecular formula is C14H16F2N4O3. The van der Waals surface area contributed by atoms with Crippen LogP contribution in [0, 0.1) is 12.8 Å². The van der Waals surface area contributed by atoms with Crippen LogP contribution in [0.2, 0.25) is 0 Å². The minimum absolute atomic E-state index is 0.0163. The van der Waals surface area contributed by atoms with Crippen molar-refractivity contribution in [2.45, 2.75) is 33.4 Å². The molecule has 0 bridgehead atoms. The molecule has 7 nitrogen and oxygen atoms in total. The number of ether oxygens (including phenoxy) is 1. The largest absolute Gasteiger partial charge is 0.417 e. The summed E-state index contributed by atoms with van der Waals surface area (Å²) in [5.74, 6) is -0.0961. The van der Waals surface area contributed by atoms with Gasteiger partial charge in [-0.1, -0.05) is 19.0 Å². The van der Waals surface area contributed by atoms with Crippen LogP contribution in [0.15, 0.2) is 22.9 Å². The molecule has 124 valence electrons. The lowest BCUT2D eigenvalue weighted by atomic mass is 10.0. The molecule has 0 saturated heterocycles. The number of rotatable bonds is 6. The number of nitrogens with one attached hydrogen (secondary N) is 1. The van der Waals surface area contributed by atoms with Crippen LogP contribution >= 0.6 is 0 Å². The fourth-order valence-corrected chi connectivity index (χ4v) is 1.88. The quantitative estimate of drug-likeness (QED) is 0.877. The molecular weight excluding hydrogens is 310 g/mol. The maximum Gasteiger partial charge on any atom is 0.388 e. The van der Waals surface area contributed by atoms with Crippen LogP contribution in [-0.2, 0) is 0 Å². The summed E-state index contributed by atoms with van der Waals surface area (Å²) >= 11 is 0. The molecule has 1 amide bonds. The molecule has 0 aromatic carbocycles. The van der Waals surface area contributed by atoms with Crippen LogP contribution in [0.5, 0.6) is 5.88 Å². The third-order valence-electron chi connectivity index (χ3n) is 2.97. The van der Waals surface area contributed by atoms with Crippen molar-refractivity contribution in [2.75, 3.05) is 0 Å². The van der Waals surface area contributed by atoms with E-state index < -0.39 is 18.6 Å². The van der Waals surface area contributed by atoms with Gasteiger partial charge in [0.1, 0.15) is 6.04 Å². The maximum absolute atomic E-state index is 12.3. The van der Waals surface area contributed by atoms with Crippen molar-refractivity contribution < 1.29 is 22.8 Å². The predicted molar refractivity (Wildman–Crippen MR) is 74.9 cm³/mol. The second kappa shape index (κ2) is 7.12. The zero-order valence-electron chi connectivity index (χ0n) is 12.8. The van der Waals surface area contributed by atoms with Crippen molar-refractivity contribution in [3.8, 4) is 5.88 Å². The van der Waals surface area contributed by atoms with Gasteiger partial charge in [0.15, 0.2) is 5.82 Å². The van der Waals surface area contributed by atoms with Crippen LogP contribution in [0.25, 0.3) is 0 Å². The summed E-state index contributed by atoms with van der Waals surface area (Å²) in [4.78, 5) is 20.0.